The summed E-state index contributed by atoms with van der Waals surface area (Å²) in [4.78, 5) is 37.9. The number of carbonyl (C=O) groups excluding carboxylic acids is 3. The molecular weight excluding hydrogens is 391 g/mol. The van der Waals surface area contributed by atoms with Crippen LogP contribution in [0.5, 0.6) is 5.75 Å². The first-order valence-corrected chi connectivity index (χ1v) is 8.73. The number of anilines is 1. The van der Waals surface area contributed by atoms with Crippen LogP contribution in [0, 0.1) is 23.2 Å². The van der Waals surface area contributed by atoms with Crippen molar-refractivity contribution in [2.24, 2.45) is 11.8 Å². The van der Waals surface area contributed by atoms with Crippen molar-refractivity contribution in [3.8, 4) is 11.8 Å². The van der Waals surface area contributed by atoms with E-state index in [1.807, 2.05) is 12.2 Å². The summed E-state index contributed by atoms with van der Waals surface area (Å²) >= 11 is 0. The molecule has 3 amide bonds. The van der Waals surface area contributed by atoms with E-state index >= 15 is 0 Å². The van der Waals surface area contributed by atoms with Crippen LogP contribution in [0.4, 0.5) is 18.9 Å². The molecule has 152 valence electrons. The Labute approximate surface area is 163 Å². The molecule has 0 aromatic heterocycles. The topological polar surface area (TPSA) is 99.5 Å². The van der Waals surface area contributed by atoms with E-state index in [0.717, 1.165) is 17.0 Å². The number of nitrogens with one attached hydrogen (secondary N) is 1. The fraction of sp³-hybridized carbons (Fsp3) is 0.368. The van der Waals surface area contributed by atoms with E-state index in [2.05, 4.69) is 10.1 Å². The molecule has 1 fully saturated rings. The van der Waals surface area contributed by atoms with Gasteiger partial charge in [-0.3, -0.25) is 19.3 Å². The van der Waals surface area contributed by atoms with Crippen LogP contribution in [0.3, 0.4) is 0 Å². The fourth-order valence-corrected chi connectivity index (χ4v) is 3.35. The summed E-state index contributed by atoms with van der Waals surface area (Å²) in [5.41, 5.74) is -0.0680. The molecule has 3 rings (SSSR count). The third-order valence-corrected chi connectivity index (χ3v) is 4.68. The lowest BCUT2D eigenvalue weighted by atomic mass is 9.85. The van der Waals surface area contributed by atoms with Crippen molar-refractivity contribution in [1.29, 1.82) is 5.26 Å². The number of benzene rings is 1. The normalized spacial score (nSPS) is 21.0. The van der Waals surface area contributed by atoms with E-state index < -0.39 is 48.9 Å². The Kier molecular flexibility index (Phi) is 5.59. The van der Waals surface area contributed by atoms with E-state index in [1.165, 1.54) is 6.07 Å². The second-order valence-electron chi connectivity index (χ2n) is 6.69. The lowest BCUT2D eigenvalue weighted by Gasteiger charge is -2.15. The molecular formula is C19H16F3N3O4. The number of likely N-dealkylation sites (tertiary alicyclic amines) is 1. The first-order valence-electron chi connectivity index (χ1n) is 8.73. The summed E-state index contributed by atoms with van der Waals surface area (Å²) < 4.78 is 41.4. The van der Waals surface area contributed by atoms with Crippen molar-refractivity contribution in [2.75, 3.05) is 18.5 Å². The van der Waals surface area contributed by atoms with E-state index in [4.69, 9.17) is 5.26 Å². The van der Waals surface area contributed by atoms with Crippen LogP contribution >= 0.6 is 0 Å². The smallest absolute Gasteiger partial charge is 0.422 e. The standard InChI is InChI=1S/C19H16F3N3O4/c20-19(21,22)10-29-15-6-5-12(7-11(15)8-23)24-16(26)9-25-17(27)13-3-1-2-4-14(13)18(25)28/h1-2,5-7,13-14H,3-4,9-10H2,(H,24,26). The molecule has 1 N–H and O–H groups in total. The third kappa shape index (κ3) is 4.56. The van der Waals surface area contributed by atoms with Gasteiger partial charge in [0.25, 0.3) is 0 Å². The van der Waals surface area contributed by atoms with Gasteiger partial charge in [0.05, 0.1) is 17.4 Å². The summed E-state index contributed by atoms with van der Waals surface area (Å²) in [6, 6.07) is 5.25. The quantitative estimate of drug-likeness (QED) is 0.597. The molecule has 2 aliphatic rings. The van der Waals surface area contributed by atoms with Crippen LogP contribution in [0.2, 0.25) is 0 Å². The van der Waals surface area contributed by atoms with Gasteiger partial charge in [-0.05, 0) is 31.0 Å². The van der Waals surface area contributed by atoms with Gasteiger partial charge in [-0.2, -0.15) is 18.4 Å². The number of amides is 3. The summed E-state index contributed by atoms with van der Waals surface area (Å²) in [5.74, 6) is -2.62. The van der Waals surface area contributed by atoms with Crippen molar-refractivity contribution in [3.63, 3.8) is 0 Å². The molecule has 0 saturated carbocycles. The highest BCUT2D eigenvalue weighted by Gasteiger charge is 2.47. The molecule has 1 aromatic carbocycles. The van der Waals surface area contributed by atoms with Gasteiger partial charge < -0.3 is 10.1 Å². The minimum atomic E-state index is -4.55. The predicted octanol–water partition coefficient (Wildman–Crippen LogP) is 2.39. The SMILES string of the molecule is N#Cc1cc(NC(=O)CN2C(=O)C3CC=CCC3C2=O)ccc1OCC(F)(F)F. The Morgan fingerprint density at radius 1 is 1.21 bits per heavy atom. The van der Waals surface area contributed by atoms with Gasteiger partial charge >= 0.3 is 6.18 Å². The van der Waals surface area contributed by atoms with Gasteiger partial charge in [0.2, 0.25) is 17.7 Å². The number of fused-ring (bicyclic) bond motifs is 1. The molecule has 1 aliphatic heterocycles. The average Bonchev–Trinajstić information content (AvgIpc) is 2.91. The fourth-order valence-electron chi connectivity index (χ4n) is 3.35. The van der Waals surface area contributed by atoms with Gasteiger partial charge in [0.15, 0.2) is 6.61 Å². The third-order valence-electron chi connectivity index (χ3n) is 4.68. The second kappa shape index (κ2) is 7.95. The number of carbonyl (C=O) groups is 3. The van der Waals surface area contributed by atoms with Gasteiger partial charge in [-0.1, -0.05) is 12.2 Å². The number of allylic oxidation sites excluding steroid dienone is 2. The first kappa shape index (κ1) is 20.4. The molecule has 1 saturated heterocycles. The highest BCUT2D eigenvalue weighted by Crippen LogP contribution is 2.35. The predicted molar refractivity (Wildman–Crippen MR) is 93.4 cm³/mol. The van der Waals surface area contributed by atoms with Crippen LogP contribution in [0.1, 0.15) is 18.4 Å². The Balaban J connectivity index is 1.64. The molecule has 1 heterocycles. The van der Waals surface area contributed by atoms with Gasteiger partial charge in [-0.25, -0.2) is 0 Å². The van der Waals surface area contributed by atoms with Crippen LogP contribution in [-0.2, 0) is 14.4 Å². The largest absolute Gasteiger partial charge is 0.483 e. The maximum absolute atomic E-state index is 12.4. The summed E-state index contributed by atoms with van der Waals surface area (Å²) in [6.07, 6.45) is 0.0289. The number of alkyl halides is 3. The molecule has 29 heavy (non-hydrogen) atoms. The number of rotatable bonds is 5. The lowest BCUT2D eigenvalue weighted by molar-refractivity contribution is -0.153. The molecule has 10 heteroatoms. The van der Waals surface area contributed by atoms with Crippen LogP contribution in [0.25, 0.3) is 0 Å². The van der Waals surface area contributed by atoms with E-state index in [1.54, 1.807) is 6.07 Å². The number of nitrogens with zero attached hydrogens (tertiary/aromatic N) is 2. The monoisotopic (exact) mass is 407 g/mol. The number of imide groups is 1. The Morgan fingerprint density at radius 3 is 2.38 bits per heavy atom. The molecule has 1 aromatic rings. The maximum atomic E-state index is 12.4. The van der Waals surface area contributed by atoms with E-state index in [0.29, 0.717) is 12.8 Å². The van der Waals surface area contributed by atoms with Crippen LogP contribution < -0.4 is 10.1 Å². The first-order chi connectivity index (χ1) is 13.7. The number of ether oxygens (including phenoxy) is 1. The number of hydrogen-bond acceptors (Lipinski definition) is 5. The Bertz CT molecular complexity index is 894. The molecule has 1 aliphatic carbocycles. The zero-order valence-corrected chi connectivity index (χ0v) is 15.0. The van der Waals surface area contributed by atoms with Crippen molar-refractivity contribution in [1.82, 2.24) is 4.90 Å². The lowest BCUT2D eigenvalue weighted by Crippen LogP contribution is -2.38. The average molecular weight is 407 g/mol. The molecule has 0 radical (unpaired) electrons. The summed E-state index contributed by atoms with van der Waals surface area (Å²) in [7, 11) is 0. The zero-order chi connectivity index (χ0) is 21.2. The van der Waals surface area contributed by atoms with Crippen LogP contribution in [-0.4, -0.2) is 41.9 Å². The zero-order valence-electron chi connectivity index (χ0n) is 15.0. The number of nitriles is 1. The van der Waals surface area contributed by atoms with Crippen molar-refractivity contribution >= 4 is 23.4 Å². The van der Waals surface area contributed by atoms with E-state index in [9.17, 15) is 27.6 Å². The van der Waals surface area contributed by atoms with E-state index in [-0.39, 0.29) is 17.0 Å². The highest BCUT2D eigenvalue weighted by molar-refractivity contribution is 6.08. The minimum absolute atomic E-state index is 0.129. The Hall–Kier alpha value is -3.35. The number of hydrogen-bond donors (Lipinski definition) is 1. The van der Waals surface area contributed by atoms with Crippen molar-refractivity contribution < 1.29 is 32.3 Å². The van der Waals surface area contributed by atoms with Crippen molar-refractivity contribution in [2.45, 2.75) is 19.0 Å². The summed E-state index contributed by atoms with van der Waals surface area (Å²) in [5, 5.41) is 11.5. The van der Waals surface area contributed by atoms with Gasteiger partial charge in [-0.15, -0.1) is 0 Å². The van der Waals surface area contributed by atoms with Crippen molar-refractivity contribution in [3.05, 3.63) is 35.9 Å². The molecule has 0 spiro atoms. The summed E-state index contributed by atoms with van der Waals surface area (Å²) in [6.45, 7) is -2.03. The molecule has 2 atom stereocenters. The Morgan fingerprint density at radius 2 is 1.83 bits per heavy atom. The highest BCUT2D eigenvalue weighted by atomic mass is 19.4. The molecule has 0 bridgehead atoms. The van der Waals surface area contributed by atoms with Crippen LogP contribution in [0.15, 0.2) is 30.4 Å². The number of halogens is 3. The minimum Gasteiger partial charge on any atom is -0.483 e. The second-order valence-corrected chi connectivity index (χ2v) is 6.69. The molecule has 7 nitrogen and oxygen atoms in total. The van der Waals surface area contributed by atoms with Gasteiger partial charge in [0, 0.05) is 5.69 Å². The molecule has 2 unspecified atom stereocenters. The van der Waals surface area contributed by atoms with Gasteiger partial charge in [0.1, 0.15) is 18.4 Å². The maximum Gasteiger partial charge on any atom is 0.422 e.